The molecular formula is C24H27NO3S. The maximum Gasteiger partial charge on any atom is 0.227 e. The maximum atomic E-state index is 13.2. The molecule has 0 unspecified atom stereocenters. The second kappa shape index (κ2) is 10.1. The van der Waals surface area contributed by atoms with Gasteiger partial charge in [-0.15, -0.1) is 11.3 Å². The van der Waals surface area contributed by atoms with Crippen molar-refractivity contribution in [1.29, 1.82) is 0 Å². The first kappa shape index (κ1) is 20.9. The van der Waals surface area contributed by atoms with Gasteiger partial charge in [0.25, 0.3) is 0 Å². The summed E-state index contributed by atoms with van der Waals surface area (Å²) in [6.07, 6.45) is 1.13. The predicted molar refractivity (Wildman–Crippen MR) is 118 cm³/mol. The SMILES string of the molecule is COc1ccc(CC(=O)N(CCc2ccccc2)Cc2ccc(C)s2)c(OC)c1. The number of methoxy groups -OCH3 is 2. The number of ether oxygens (including phenoxy) is 2. The van der Waals surface area contributed by atoms with Crippen molar-refractivity contribution in [1.82, 2.24) is 4.90 Å². The van der Waals surface area contributed by atoms with Gasteiger partial charge in [0, 0.05) is 27.9 Å². The van der Waals surface area contributed by atoms with E-state index in [4.69, 9.17) is 9.47 Å². The molecule has 0 atom stereocenters. The first-order valence-corrected chi connectivity index (χ1v) is 10.5. The number of hydrogen-bond acceptors (Lipinski definition) is 4. The highest BCUT2D eigenvalue weighted by atomic mass is 32.1. The third-order valence-electron chi connectivity index (χ3n) is 4.84. The van der Waals surface area contributed by atoms with E-state index in [0.29, 0.717) is 31.0 Å². The highest BCUT2D eigenvalue weighted by Gasteiger charge is 2.18. The molecule has 0 aliphatic carbocycles. The third kappa shape index (κ3) is 5.84. The smallest absolute Gasteiger partial charge is 0.227 e. The van der Waals surface area contributed by atoms with Crippen molar-refractivity contribution in [2.75, 3.05) is 20.8 Å². The summed E-state index contributed by atoms with van der Waals surface area (Å²) in [5, 5.41) is 0. The highest BCUT2D eigenvalue weighted by Crippen LogP contribution is 2.26. The molecular weight excluding hydrogens is 382 g/mol. The topological polar surface area (TPSA) is 38.8 Å². The van der Waals surface area contributed by atoms with Gasteiger partial charge in [0.2, 0.25) is 5.91 Å². The van der Waals surface area contributed by atoms with Gasteiger partial charge in [-0.2, -0.15) is 0 Å². The van der Waals surface area contributed by atoms with Crippen LogP contribution in [0.25, 0.3) is 0 Å². The van der Waals surface area contributed by atoms with E-state index in [0.717, 1.165) is 12.0 Å². The highest BCUT2D eigenvalue weighted by molar-refractivity contribution is 7.11. The van der Waals surface area contributed by atoms with Crippen molar-refractivity contribution in [2.45, 2.75) is 26.3 Å². The molecule has 0 bridgehead atoms. The minimum atomic E-state index is 0.0930. The molecule has 0 saturated heterocycles. The molecule has 0 fully saturated rings. The van der Waals surface area contributed by atoms with Gasteiger partial charge in [-0.3, -0.25) is 4.79 Å². The van der Waals surface area contributed by atoms with Crippen molar-refractivity contribution in [2.24, 2.45) is 0 Å². The molecule has 0 aliphatic heterocycles. The van der Waals surface area contributed by atoms with Gasteiger partial charge in [-0.05, 0) is 37.1 Å². The second-order valence-electron chi connectivity index (χ2n) is 6.92. The fraction of sp³-hybridized carbons (Fsp3) is 0.292. The van der Waals surface area contributed by atoms with Gasteiger partial charge in [-0.25, -0.2) is 0 Å². The normalized spacial score (nSPS) is 10.6. The van der Waals surface area contributed by atoms with Gasteiger partial charge in [0.1, 0.15) is 11.5 Å². The Hall–Kier alpha value is -2.79. The molecule has 2 aromatic carbocycles. The summed E-state index contributed by atoms with van der Waals surface area (Å²) in [5.41, 5.74) is 2.10. The largest absolute Gasteiger partial charge is 0.497 e. The van der Waals surface area contributed by atoms with Crippen LogP contribution in [0.3, 0.4) is 0 Å². The molecule has 4 nitrogen and oxygen atoms in total. The van der Waals surface area contributed by atoms with E-state index < -0.39 is 0 Å². The van der Waals surface area contributed by atoms with Crippen LogP contribution < -0.4 is 9.47 Å². The van der Waals surface area contributed by atoms with E-state index in [1.54, 1.807) is 25.6 Å². The number of amides is 1. The van der Waals surface area contributed by atoms with Crippen LogP contribution in [0.15, 0.2) is 60.7 Å². The Bertz CT molecular complexity index is 936. The molecule has 0 N–H and O–H groups in total. The molecule has 0 radical (unpaired) electrons. The molecule has 0 aliphatic rings. The Morgan fingerprint density at radius 2 is 1.79 bits per heavy atom. The van der Waals surface area contributed by atoms with Gasteiger partial charge in [0.05, 0.1) is 27.2 Å². The molecule has 3 rings (SSSR count). The zero-order valence-electron chi connectivity index (χ0n) is 17.2. The van der Waals surface area contributed by atoms with E-state index in [1.807, 2.05) is 41.3 Å². The average molecular weight is 410 g/mol. The number of carbonyl (C=O) groups excluding carboxylic acids is 1. The van der Waals surface area contributed by atoms with E-state index in [9.17, 15) is 4.79 Å². The van der Waals surface area contributed by atoms with Gasteiger partial charge >= 0.3 is 0 Å². The summed E-state index contributed by atoms with van der Waals surface area (Å²) in [4.78, 5) is 17.6. The number of rotatable bonds is 9. The molecule has 3 aromatic rings. The van der Waals surface area contributed by atoms with Crippen LogP contribution in [0.4, 0.5) is 0 Å². The molecule has 5 heteroatoms. The Morgan fingerprint density at radius 3 is 2.45 bits per heavy atom. The van der Waals surface area contributed by atoms with Crippen LogP contribution in [0.5, 0.6) is 11.5 Å². The van der Waals surface area contributed by atoms with Gasteiger partial charge in [0.15, 0.2) is 0 Å². The number of aryl methyl sites for hydroxylation is 1. The van der Waals surface area contributed by atoms with E-state index in [-0.39, 0.29) is 5.91 Å². The van der Waals surface area contributed by atoms with Crippen molar-refractivity contribution < 1.29 is 14.3 Å². The zero-order valence-corrected chi connectivity index (χ0v) is 18.0. The van der Waals surface area contributed by atoms with Crippen molar-refractivity contribution in [3.63, 3.8) is 0 Å². The minimum Gasteiger partial charge on any atom is -0.497 e. The zero-order chi connectivity index (χ0) is 20.6. The number of thiophene rings is 1. The van der Waals surface area contributed by atoms with Crippen LogP contribution >= 0.6 is 11.3 Å². The van der Waals surface area contributed by atoms with Crippen molar-refractivity contribution >= 4 is 17.2 Å². The molecule has 0 spiro atoms. The monoisotopic (exact) mass is 409 g/mol. The molecule has 0 saturated carbocycles. The second-order valence-corrected chi connectivity index (χ2v) is 8.29. The lowest BCUT2D eigenvalue weighted by Crippen LogP contribution is -2.33. The summed E-state index contributed by atoms with van der Waals surface area (Å²) in [6.45, 7) is 3.40. The Labute approximate surface area is 176 Å². The van der Waals surface area contributed by atoms with Gasteiger partial charge < -0.3 is 14.4 Å². The van der Waals surface area contributed by atoms with Crippen LogP contribution in [0, 0.1) is 6.92 Å². The number of benzene rings is 2. The summed E-state index contributed by atoms with van der Waals surface area (Å²) in [7, 11) is 3.23. The number of carbonyl (C=O) groups is 1. The van der Waals surface area contributed by atoms with Crippen LogP contribution in [0.2, 0.25) is 0 Å². The van der Waals surface area contributed by atoms with E-state index in [2.05, 4.69) is 31.2 Å². The lowest BCUT2D eigenvalue weighted by atomic mass is 10.1. The van der Waals surface area contributed by atoms with E-state index >= 15 is 0 Å². The fourth-order valence-corrected chi connectivity index (χ4v) is 4.14. The average Bonchev–Trinajstić information content (AvgIpc) is 3.16. The van der Waals surface area contributed by atoms with Gasteiger partial charge in [-0.1, -0.05) is 36.4 Å². The fourth-order valence-electron chi connectivity index (χ4n) is 3.23. The minimum absolute atomic E-state index is 0.0930. The summed E-state index contributed by atoms with van der Waals surface area (Å²) in [5.74, 6) is 1.48. The quantitative estimate of drug-likeness (QED) is 0.505. The van der Waals surface area contributed by atoms with Crippen molar-refractivity contribution in [3.8, 4) is 11.5 Å². The first-order chi connectivity index (χ1) is 14.1. The van der Waals surface area contributed by atoms with Crippen LogP contribution in [-0.2, 0) is 24.2 Å². The molecule has 1 aromatic heterocycles. The molecule has 1 amide bonds. The number of hydrogen-bond donors (Lipinski definition) is 0. The third-order valence-corrected chi connectivity index (χ3v) is 5.83. The Balaban J connectivity index is 1.75. The molecule has 29 heavy (non-hydrogen) atoms. The van der Waals surface area contributed by atoms with Crippen LogP contribution in [-0.4, -0.2) is 31.6 Å². The Kier molecular flexibility index (Phi) is 7.30. The van der Waals surface area contributed by atoms with Crippen LogP contribution in [0.1, 0.15) is 20.9 Å². The molecule has 152 valence electrons. The summed E-state index contributed by atoms with van der Waals surface area (Å²) >= 11 is 1.74. The summed E-state index contributed by atoms with van der Waals surface area (Å²) in [6, 6.07) is 20.1. The maximum absolute atomic E-state index is 13.2. The summed E-state index contributed by atoms with van der Waals surface area (Å²) < 4.78 is 10.7. The van der Waals surface area contributed by atoms with Crippen molar-refractivity contribution in [3.05, 3.63) is 81.5 Å². The Morgan fingerprint density at radius 1 is 1.00 bits per heavy atom. The number of nitrogens with zero attached hydrogens (tertiary/aromatic N) is 1. The lowest BCUT2D eigenvalue weighted by Gasteiger charge is -2.23. The first-order valence-electron chi connectivity index (χ1n) is 9.67. The predicted octanol–water partition coefficient (Wildman–Crippen LogP) is 4.89. The standard InChI is InChI=1S/C24H27NO3S/c1-18-9-12-22(29-18)17-25(14-13-19-7-5-4-6-8-19)24(26)15-20-10-11-21(27-2)16-23(20)28-3/h4-12,16H,13-15,17H2,1-3H3. The lowest BCUT2D eigenvalue weighted by molar-refractivity contribution is -0.131. The molecule has 1 heterocycles. The van der Waals surface area contributed by atoms with E-state index in [1.165, 1.54) is 15.3 Å².